The molecule has 1 fully saturated rings. The normalized spacial score (nSPS) is 23.5. The first-order chi connectivity index (χ1) is 9.53. The highest BCUT2D eigenvalue weighted by Crippen LogP contribution is 2.29. The van der Waals surface area contributed by atoms with Crippen molar-refractivity contribution >= 4 is 5.91 Å². The number of piperidine rings is 1. The van der Waals surface area contributed by atoms with Crippen LogP contribution in [-0.4, -0.2) is 40.4 Å². The minimum absolute atomic E-state index is 0.0396. The Morgan fingerprint density at radius 1 is 1.60 bits per heavy atom. The molecule has 2 heterocycles. The second-order valence-electron chi connectivity index (χ2n) is 5.62. The summed E-state index contributed by atoms with van der Waals surface area (Å²) in [7, 11) is 0. The molecule has 2 rings (SSSR count). The van der Waals surface area contributed by atoms with Crippen molar-refractivity contribution in [2.75, 3.05) is 19.6 Å². The van der Waals surface area contributed by atoms with E-state index in [1.807, 2.05) is 6.92 Å². The number of likely N-dealkylation sites (tertiary alicyclic amines) is 1. The maximum absolute atomic E-state index is 12.4. The average molecular weight is 278 g/mol. The van der Waals surface area contributed by atoms with Crippen molar-refractivity contribution in [1.82, 2.24) is 20.2 Å². The van der Waals surface area contributed by atoms with Gasteiger partial charge >= 0.3 is 0 Å². The van der Waals surface area contributed by atoms with E-state index >= 15 is 0 Å². The molecule has 110 valence electrons. The fourth-order valence-corrected chi connectivity index (χ4v) is 2.69. The van der Waals surface area contributed by atoms with Crippen molar-refractivity contribution in [3.63, 3.8) is 0 Å². The number of H-pyrrole nitrogens is 1. The molecule has 0 aliphatic carbocycles. The monoisotopic (exact) mass is 278 g/mol. The fourth-order valence-electron chi connectivity index (χ4n) is 2.69. The summed E-state index contributed by atoms with van der Waals surface area (Å²) in [4.78, 5) is 32.3. The standard InChI is InChI=1S/C14H22N4O2/c1-3-18-6-4-5-14(2,9-18)13(20)15-8-11-7-12(19)17-10-16-11/h7,10H,3-6,8-9H2,1-2H3,(H,15,20)(H,16,17,19). The van der Waals surface area contributed by atoms with E-state index in [9.17, 15) is 9.59 Å². The van der Waals surface area contributed by atoms with E-state index in [1.165, 1.54) is 12.4 Å². The molecule has 0 bridgehead atoms. The average Bonchev–Trinajstić information content (AvgIpc) is 2.44. The van der Waals surface area contributed by atoms with Crippen LogP contribution < -0.4 is 10.9 Å². The molecule has 0 spiro atoms. The molecule has 1 aromatic rings. The highest BCUT2D eigenvalue weighted by Gasteiger charge is 2.37. The number of carbonyl (C=O) groups excluding carboxylic acids is 1. The molecule has 0 radical (unpaired) electrons. The van der Waals surface area contributed by atoms with Crippen LogP contribution >= 0.6 is 0 Å². The van der Waals surface area contributed by atoms with Crippen LogP contribution in [0.25, 0.3) is 0 Å². The van der Waals surface area contributed by atoms with E-state index in [-0.39, 0.29) is 16.9 Å². The van der Waals surface area contributed by atoms with E-state index in [4.69, 9.17) is 0 Å². The Morgan fingerprint density at radius 2 is 2.40 bits per heavy atom. The molecular weight excluding hydrogens is 256 g/mol. The van der Waals surface area contributed by atoms with Gasteiger partial charge in [-0.3, -0.25) is 9.59 Å². The first-order valence-electron chi connectivity index (χ1n) is 7.08. The third kappa shape index (κ3) is 3.45. The van der Waals surface area contributed by atoms with Gasteiger partial charge in [-0.25, -0.2) is 4.98 Å². The molecule has 0 saturated carbocycles. The summed E-state index contributed by atoms with van der Waals surface area (Å²) in [6, 6.07) is 1.40. The molecule has 1 aliphatic heterocycles. The zero-order chi connectivity index (χ0) is 14.6. The van der Waals surface area contributed by atoms with Crippen molar-refractivity contribution in [3.05, 3.63) is 28.4 Å². The second-order valence-corrected chi connectivity index (χ2v) is 5.62. The molecule has 6 heteroatoms. The maximum Gasteiger partial charge on any atom is 0.250 e. The predicted molar refractivity (Wildman–Crippen MR) is 76.2 cm³/mol. The lowest BCUT2D eigenvalue weighted by molar-refractivity contribution is -0.133. The smallest absolute Gasteiger partial charge is 0.250 e. The van der Waals surface area contributed by atoms with Crippen LogP contribution in [-0.2, 0) is 11.3 Å². The van der Waals surface area contributed by atoms with Gasteiger partial charge in [0.1, 0.15) is 0 Å². The molecule has 2 N–H and O–H groups in total. The minimum atomic E-state index is -0.352. The Bertz CT molecular complexity index is 528. The van der Waals surface area contributed by atoms with Gasteiger partial charge in [0, 0.05) is 12.6 Å². The number of hydrogen-bond acceptors (Lipinski definition) is 4. The number of nitrogens with zero attached hydrogens (tertiary/aromatic N) is 2. The molecule has 1 aromatic heterocycles. The molecule has 1 amide bonds. The Labute approximate surface area is 118 Å². The van der Waals surface area contributed by atoms with Gasteiger partial charge in [0.05, 0.1) is 24.0 Å². The van der Waals surface area contributed by atoms with Gasteiger partial charge < -0.3 is 15.2 Å². The maximum atomic E-state index is 12.4. The minimum Gasteiger partial charge on any atom is -0.350 e. The van der Waals surface area contributed by atoms with Gasteiger partial charge in [0.25, 0.3) is 5.56 Å². The molecule has 1 atom stereocenters. The fraction of sp³-hybridized carbons (Fsp3) is 0.643. The largest absolute Gasteiger partial charge is 0.350 e. The SMILES string of the molecule is CCN1CCCC(C)(C(=O)NCc2cc(=O)[nH]cn2)C1. The Hall–Kier alpha value is -1.69. The number of aromatic nitrogens is 2. The van der Waals surface area contributed by atoms with Gasteiger partial charge in [-0.2, -0.15) is 0 Å². The van der Waals surface area contributed by atoms with Gasteiger partial charge in [-0.15, -0.1) is 0 Å². The van der Waals surface area contributed by atoms with E-state index in [1.54, 1.807) is 0 Å². The first-order valence-corrected chi connectivity index (χ1v) is 7.08. The summed E-state index contributed by atoms with van der Waals surface area (Å²) >= 11 is 0. The van der Waals surface area contributed by atoms with Crippen LogP contribution in [0.1, 0.15) is 32.4 Å². The van der Waals surface area contributed by atoms with Gasteiger partial charge in [0.15, 0.2) is 0 Å². The van der Waals surface area contributed by atoms with Crippen LogP contribution in [0.3, 0.4) is 0 Å². The van der Waals surface area contributed by atoms with Crippen molar-refractivity contribution in [2.24, 2.45) is 5.41 Å². The van der Waals surface area contributed by atoms with Gasteiger partial charge in [-0.05, 0) is 32.9 Å². The highest BCUT2D eigenvalue weighted by atomic mass is 16.2. The summed E-state index contributed by atoms with van der Waals surface area (Å²) < 4.78 is 0. The summed E-state index contributed by atoms with van der Waals surface area (Å²) in [6.45, 7) is 7.25. The first kappa shape index (κ1) is 14.7. The molecule has 1 aliphatic rings. The lowest BCUT2D eigenvalue weighted by Crippen LogP contribution is -2.50. The number of aromatic amines is 1. The van der Waals surface area contributed by atoms with Crippen LogP contribution in [0.2, 0.25) is 0 Å². The van der Waals surface area contributed by atoms with Crippen molar-refractivity contribution in [2.45, 2.75) is 33.2 Å². The molecule has 6 nitrogen and oxygen atoms in total. The van der Waals surface area contributed by atoms with Crippen molar-refractivity contribution in [1.29, 1.82) is 0 Å². The molecule has 20 heavy (non-hydrogen) atoms. The van der Waals surface area contributed by atoms with Crippen LogP contribution in [0.4, 0.5) is 0 Å². The molecule has 1 unspecified atom stereocenters. The lowest BCUT2D eigenvalue weighted by atomic mass is 9.81. The Kier molecular flexibility index (Phi) is 4.54. The number of hydrogen-bond donors (Lipinski definition) is 2. The van der Waals surface area contributed by atoms with E-state index in [0.29, 0.717) is 12.2 Å². The Balaban J connectivity index is 1.95. The Morgan fingerprint density at radius 3 is 3.10 bits per heavy atom. The van der Waals surface area contributed by atoms with Crippen LogP contribution in [0, 0.1) is 5.41 Å². The zero-order valence-electron chi connectivity index (χ0n) is 12.1. The molecular formula is C14H22N4O2. The van der Waals surface area contributed by atoms with Crippen molar-refractivity contribution in [3.8, 4) is 0 Å². The summed E-state index contributed by atoms with van der Waals surface area (Å²) in [5, 5.41) is 2.90. The third-order valence-electron chi connectivity index (χ3n) is 3.94. The van der Waals surface area contributed by atoms with Gasteiger partial charge in [-0.1, -0.05) is 6.92 Å². The predicted octanol–water partition coefficient (Wildman–Crippen LogP) is 0.508. The summed E-state index contributed by atoms with van der Waals surface area (Å²) in [6.07, 6.45) is 3.30. The van der Waals surface area contributed by atoms with E-state index in [0.717, 1.165) is 32.5 Å². The van der Waals surface area contributed by atoms with Gasteiger partial charge in [0.2, 0.25) is 5.91 Å². The summed E-state index contributed by atoms with van der Waals surface area (Å²) in [5.74, 6) is 0.0396. The van der Waals surface area contributed by atoms with Crippen molar-refractivity contribution < 1.29 is 4.79 Å². The third-order valence-corrected chi connectivity index (χ3v) is 3.94. The quantitative estimate of drug-likeness (QED) is 0.841. The number of carbonyl (C=O) groups is 1. The zero-order valence-corrected chi connectivity index (χ0v) is 12.1. The van der Waals surface area contributed by atoms with E-state index < -0.39 is 0 Å². The highest BCUT2D eigenvalue weighted by molar-refractivity contribution is 5.82. The summed E-state index contributed by atoms with van der Waals surface area (Å²) in [5.41, 5.74) is 0.0225. The number of nitrogens with one attached hydrogen (secondary N) is 2. The number of rotatable bonds is 4. The second kappa shape index (κ2) is 6.17. The topological polar surface area (TPSA) is 78.1 Å². The number of amides is 1. The van der Waals surface area contributed by atoms with Crippen LogP contribution in [0.15, 0.2) is 17.2 Å². The lowest BCUT2D eigenvalue weighted by Gasteiger charge is -2.38. The molecule has 1 saturated heterocycles. The van der Waals surface area contributed by atoms with E-state index in [2.05, 4.69) is 27.1 Å². The van der Waals surface area contributed by atoms with Crippen LogP contribution in [0.5, 0.6) is 0 Å². The molecule has 0 aromatic carbocycles.